The molecule has 0 heterocycles. The lowest BCUT2D eigenvalue weighted by Crippen LogP contribution is -2.40. The average Bonchev–Trinajstić information content (AvgIpc) is 2.77. The van der Waals surface area contributed by atoms with Crippen LogP contribution in [0.1, 0.15) is 32.6 Å². The van der Waals surface area contributed by atoms with Crippen LogP contribution in [0.25, 0.3) is 0 Å². The van der Waals surface area contributed by atoms with E-state index in [-0.39, 0.29) is 11.6 Å². The molecule has 164 valence electrons. The molecule has 1 saturated carbocycles. The molecule has 1 fully saturated rings. The van der Waals surface area contributed by atoms with Crippen LogP contribution in [0.4, 0.5) is 11.4 Å². The molecule has 0 aromatic heterocycles. The second-order valence-electron chi connectivity index (χ2n) is 7.36. The van der Waals surface area contributed by atoms with E-state index in [0.717, 1.165) is 47.8 Å². The SMILES string of the molecule is C[C@H]1CCCC/C1=N\NC(=O)CN(c1ccccc1)S(=O)(=O)c1ccccc1[N+](=O)[O-]. The molecule has 1 amide bonds. The highest BCUT2D eigenvalue weighted by molar-refractivity contribution is 7.93. The predicted molar refractivity (Wildman–Crippen MR) is 117 cm³/mol. The predicted octanol–water partition coefficient (Wildman–Crippen LogP) is 3.47. The Hall–Kier alpha value is -3.27. The van der Waals surface area contributed by atoms with Crippen LogP contribution in [0.5, 0.6) is 0 Å². The summed E-state index contributed by atoms with van der Waals surface area (Å²) in [6.45, 7) is 1.48. The minimum Gasteiger partial charge on any atom is -0.271 e. The molecule has 1 aliphatic carbocycles. The summed E-state index contributed by atoms with van der Waals surface area (Å²) in [5.74, 6) is -0.369. The van der Waals surface area contributed by atoms with Gasteiger partial charge in [0.1, 0.15) is 6.54 Å². The van der Waals surface area contributed by atoms with Crippen LogP contribution in [0.2, 0.25) is 0 Å². The van der Waals surface area contributed by atoms with Crippen LogP contribution in [-0.4, -0.2) is 31.5 Å². The molecule has 3 rings (SSSR count). The van der Waals surface area contributed by atoms with Crippen molar-refractivity contribution in [2.24, 2.45) is 11.0 Å². The summed E-state index contributed by atoms with van der Waals surface area (Å²) in [4.78, 5) is 22.8. The first kappa shape index (κ1) is 22.4. The molecule has 2 aromatic rings. The molecule has 0 saturated heterocycles. The number of nitrogens with zero attached hydrogens (tertiary/aromatic N) is 3. The number of nitro benzene ring substituents is 1. The Morgan fingerprint density at radius 3 is 2.52 bits per heavy atom. The van der Waals surface area contributed by atoms with E-state index in [1.165, 1.54) is 24.3 Å². The summed E-state index contributed by atoms with van der Waals surface area (Å²) in [5.41, 5.74) is 3.00. The third kappa shape index (κ3) is 5.26. The van der Waals surface area contributed by atoms with Gasteiger partial charge in [-0.05, 0) is 43.4 Å². The second kappa shape index (κ2) is 9.69. The maximum atomic E-state index is 13.4. The van der Waals surface area contributed by atoms with E-state index in [1.54, 1.807) is 18.2 Å². The first-order chi connectivity index (χ1) is 14.8. The number of nitrogens with one attached hydrogen (secondary N) is 1. The molecule has 0 bridgehead atoms. The van der Waals surface area contributed by atoms with Gasteiger partial charge in [-0.25, -0.2) is 13.8 Å². The summed E-state index contributed by atoms with van der Waals surface area (Å²) in [7, 11) is -4.40. The highest BCUT2D eigenvalue weighted by atomic mass is 32.2. The third-order valence-corrected chi connectivity index (χ3v) is 7.00. The summed E-state index contributed by atoms with van der Waals surface area (Å²) in [6, 6.07) is 13.1. The van der Waals surface area contributed by atoms with Crippen molar-refractivity contribution in [3.8, 4) is 0 Å². The number of nitro groups is 1. The number of anilines is 1. The Morgan fingerprint density at radius 2 is 1.84 bits per heavy atom. The van der Waals surface area contributed by atoms with Gasteiger partial charge >= 0.3 is 0 Å². The van der Waals surface area contributed by atoms with E-state index in [9.17, 15) is 23.3 Å². The summed E-state index contributed by atoms with van der Waals surface area (Å²) in [5, 5.41) is 15.6. The van der Waals surface area contributed by atoms with E-state index in [1.807, 2.05) is 6.92 Å². The van der Waals surface area contributed by atoms with Crippen LogP contribution >= 0.6 is 0 Å². The number of carbonyl (C=O) groups excluding carboxylic acids is 1. The maximum absolute atomic E-state index is 13.4. The second-order valence-corrected chi connectivity index (χ2v) is 9.19. The third-order valence-electron chi connectivity index (χ3n) is 5.17. The zero-order chi connectivity index (χ0) is 22.4. The normalized spacial score (nSPS) is 17.8. The Balaban J connectivity index is 1.92. The fraction of sp³-hybridized carbons (Fsp3) is 0.333. The average molecular weight is 445 g/mol. The first-order valence-electron chi connectivity index (χ1n) is 9.97. The molecule has 10 heteroatoms. The van der Waals surface area contributed by atoms with Gasteiger partial charge in [0.2, 0.25) is 0 Å². The maximum Gasteiger partial charge on any atom is 0.289 e. The van der Waals surface area contributed by atoms with Gasteiger partial charge in [0.15, 0.2) is 4.90 Å². The molecule has 1 atom stereocenters. The highest BCUT2D eigenvalue weighted by Gasteiger charge is 2.33. The Labute approximate surface area is 181 Å². The van der Waals surface area contributed by atoms with E-state index in [0.29, 0.717) is 0 Å². The van der Waals surface area contributed by atoms with Gasteiger partial charge < -0.3 is 0 Å². The Morgan fingerprint density at radius 1 is 1.16 bits per heavy atom. The quantitative estimate of drug-likeness (QED) is 0.517. The summed E-state index contributed by atoms with van der Waals surface area (Å²) >= 11 is 0. The van der Waals surface area contributed by atoms with Crippen LogP contribution in [-0.2, 0) is 14.8 Å². The minimum atomic E-state index is -4.40. The lowest BCUT2D eigenvalue weighted by molar-refractivity contribution is -0.387. The number of hydrogen-bond acceptors (Lipinski definition) is 6. The van der Waals surface area contributed by atoms with Crippen LogP contribution in [0.3, 0.4) is 0 Å². The molecule has 0 spiro atoms. The number of carbonyl (C=O) groups is 1. The standard InChI is InChI=1S/C21H24N4O5S/c1-16-9-5-6-12-18(16)22-23-21(26)15-24(17-10-3-2-4-11-17)31(29,30)20-14-8-7-13-19(20)25(27)28/h2-4,7-8,10-11,13-14,16H,5-6,9,12,15H2,1H3,(H,23,26)/b22-18+/t16-/m0/s1. The number of rotatable bonds is 7. The van der Waals surface area contributed by atoms with Crippen molar-refractivity contribution in [2.75, 3.05) is 10.8 Å². The number of para-hydroxylation sites is 2. The topological polar surface area (TPSA) is 122 Å². The van der Waals surface area contributed by atoms with Crippen LogP contribution in [0, 0.1) is 16.0 Å². The molecular formula is C21H24N4O5S. The first-order valence-corrected chi connectivity index (χ1v) is 11.4. The van der Waals surface area contributed by atoms with Crippen molar-refractivity contribution >= 4 is 33.0 Å². The largest absolute Gasteiger partial charge is 0.289 e. The molecule has 31 heavy (non-hydrogen) atoms. The number of sulfonamides is 1. The molecule has 0 radical (unpaired) electrons. The van der Waals surface area contributed by atoms with Crippen molar-refractivity contribution in [3.05, 3.63) is 64.7 Å². The number of hydrazone groups is 1. The van der Waals surface area contributed by atoms with Gasteiger partial charge in [-0.15, -0.1) is 0 Å². The molecule has 2 aromatic carbocycles. The molecule has 0 unspecified atom stereocenters. The van der Waals surface area contributed by atoms with Crippen molar-refractivity contribution in [1.82, 2.24) is 5.43 Å². The molecular weight excluding hydrogens is 420 g/mol. The van der Waals surface area contributed by atoms with Crippen molar-refractivity contribution in [2.45, 2.75) is 37.5 Å². The van der Waals surface area contributed by atoms with Crippen LogP contribution in [0.15, 0.2) is 64.6 Å². The van der Waals surface area contributed by atoms with Gasteiger partial charge in [-0.2, -0.15) is 5.10 Å². The van der Waals surface area contributed by atoms with E-state index in [4.69, 9.17) is 0 Å². The van der Waals surface area contributed by atoms with Gasteiger partial charge in [0, 0.05) is 11.8 Å². The zero-order valence-corrected chi connectivity index (χ0v) is 17.9. The number of benzene rings is 2. The van der Waals surface area contributed by atoms with Crippen LogP contribution < -0.4 is 9.73 Å². The van der Waals surface area contributed by atoms with E-state index < -0.39 is 38.0 Å². The Kier molecular flexibility index (Phi) is 7.01. The molecule has 1 N–H and O–H groups in total. The van der Waals surface area contributed by atoms with E-state index >= 15 is 0 Å². The Bertz CT molecular complexity index is 1090. The number of amides is 1. The van der Waals surface area contributed by atoms with Crippen molar-refractivity contribution in [1.29, 1.82) is 0 Å². The van der Waals surface area contributed by atoms with Gasteiger partial charge in [0.05, 0.1) is 10.6 Å². The lowest BCUT2D eigenvalue weighted by Gasteiger charge is -2.24. The fourth-order valence-corrected chi connectivity index (χ4v) is 5.07. The fourth-order valence-electron chi connectivity index (χ4n) is 3.49. The monoisotopic (exact) mass is 444 g/mol. The zero-order valence-electron chi connectivity index (χ0n) is 17.1. The smallest absolute Gasteiger partial charge is 0.271 e. The van der Waals surface area contributed by atoms with Crippen molar-refractivity contribution < 1.29 is 18.1 Å². The van der Waals surface area contributed by atoms with Crippen molar-refractivity contribution in [3.63, 3.8) is 0 Å². The van der Waals surface area contributed by atoms with Gasteiger partial charge in [-0.1, -0.05) is 43.7 Å². The lowest BCUT2D eigenvalue weighted by atomic mass is 9.89. The van der Waals surface area contributed by atoms with Gasteiger partial charge in [0.25, 0.3) is 21.6 Å². The van der Waals surface area contributed by atoms with E-state index in [2.05, 4.69) is 10.5 Å². The number of hydrogen-bond donors (Lipinski definition) is 1. The minimum absolute atomic E-state index is 0.217. The molecule has 0 aliphatic heterocycles. The summed E-state index contributed by atoms with van der Waals surface area (Å²) < 4.78 is 27.6. The molecule has 1 aliphatic rings. The van der Waals surface area contributed by atoms with Gasteiger partial charge in [-0.3, -0.25) is 19.2 Å². The highest BCUT2D eigenvalue weighted by Crippen LogP contribution is 2.29. The summed E-state index contributed by atoms with van der Waals surface area (Å²) in [6.07, 6.45) is 3.90. The molecule has 9 nitrogen and oxygen atoms in total.